The molecule has 1 atom stereocenters. The molecule has 80 valence electrons. The zero-order valence-corrected chi connectivity index (χ0v) is 9.58. The van der Waals surface area contributed by atoms with Crippen molar-refractivity contribution in [3.63, 3.8) is 0 Å². The third-order valence-corrected chi connectivity index (χ3v) is 3.14. The van der Waals surface area contributed by atoms with E-state index in [1.165, 1.54) is 30.4 Å². The van der Waals surface area contributed by atoms with E-state index in [1.807, 2.05) is 18.5 Å². The smallest absolute Gasteiger partial charge is 0.0518 e. The fourth-order valence-corrected chi connectivity index (χ4v) is 2.36. The van der Waals surface area contributed by atoms with Gasteiger partial charge in [-0.15, -0.1) is 11.6 Å². The molecule has 1 aliphatic rings. The first kappa shape index (κ1) is 10.7. The Morgan fingerprint density at radius 3 is 3.13 bits per heavy atom. The lowest BCUT2D eigenvalue weighted by Crippen LogP contribution is -1.94. The Kier molecular flexibility index (Phi) is 3.79. The van der Waals surface area contributed by atoms with Gasteiger partial charge in [0.2, 0.25) is 0 Å². The Morgan fingerprint density at radius 2 is 2.33 bits per heavy atom. The summed E-state index contributed by atoms with van der Waals surface area (Å²) in [5, 5.41) is 0.235. The third kappa shape index (κ3) is 3.35. The van der Waals surface area contributed by atoms with Crippen LogP contribution in [0.5, 0.6) is 0 Å². The lowest BCUT2D eigenvalue weighted by Gasteiger charge is -2.05. The Hall–Kier alpha value is -0.820. The van der Waals surface area contributed by atoms with Crippen molar-refractivity contribution in [1.82, 2.24) is 4.98 Å². The van der Waals surface area contributed by atoms with Crippen molar-refractivity contribution in [3.05, 3.63) is 41.7 Å². The van der Waals surface area contributed by atoms with Gasteiger partial charge in [0, 0.05) is 12.4 Å². The molecule has 2 rings (SSSR count). The van der Waals surface area contributed by atoms with Gasteiger partial charge in [0.25, 0.3) is 0 Å². The summed E-state index contributed by atoms with van der Waals surface area (Å²) in [6.07, 6.45) is 11.8. The zero-order chi connectivity index (χ0) is 10.5. The standard InChI is InChI=1S/C13H16ClN/c14-13-6-2-1-4-11(9-13)8-12-5-3-7-15-10-12/h3,5,7,9-10,13H,1-2,4,6,8H2. The molecule has 0 radical (unpaired) electrons. The maximum absolute atomic E-state index is 6.19. The highest BCUT2D eigenvalue weighted by Gasteiger charge is 2.09. The third-order valence-electron chi connectivity index (χ3n) is 2.80. The van der Waals surface area contributed by atoms with E-state index in [2.05, 4.69) is 17.1 Å². The quantitative estimate of drug-likeness (QED) is 0.548. The summed E-state index contributed by atoms with van der Waals surface area (Å²) < 4.78 is 0. The molecule has 0 aromatic carbocycles. The van der Waals surface area contributed by atoms with Gasteiger partial charge in [-0.1, -0.05) is 24.1 Å². The van der Waals surface area contributed by atoms with E-state index in [0.29, 0.717) is 0 Å². The molecule has 15 heavy (non-hydrogen) atoms. The van der Waals surface area contributed by atoms with Crippen LogP contribution in [0.15, 0.2) is 36.2 Å². The highest BCUT2D eigenvalue weighted by Crippen LogP contribution is 2.23. The molecule has 0 bridgehead atoms. The van der Waals surface area contributed by atoms with E-state index >= 15 is 0 Å². The zero-order valence-electron chi connectivity index (χ0n) is 8.82. The molecular weight excluding hydrogens is 206 g/mol. The van der Waals surface area contributed by atoms with Crippen molar-refractivity contribution in [3.8, 4) is 0 Å². The molecule has 2 heteroatoms. The van der Waals surface area contributed by atoms with E-state index in [-0.39, 0.29) is 5.38 Å². The van der Waals surface area contributed by atoms with Crippen LogP contribution in [0.1, 0.15) is 31.2 Å². The second-order valence-corrected chi connectivity index (χ2v) is 4.69. The fraction of sp³-hybridized carbons (Fsp3) is 0.462. The summed E-state index contributed by atoms with van der Waals surface area (Å²) in [6, 6.07) is 4.12. The van der Waals surface area contributed by atoms with Crippen LogP contribution in [-0.2, 0) is 6.42 Å². The number of aromatic nitrogens is 1. The lowest BCUT2D eigenvalue weighted by molar-refractivity contribution is 0.710. The molecule has 1 nitrogen and oxygen atoms in total. The number of pyridine rings is 1. The Labute approximate surface area is 96.2 Å². The molecule has 1 aliphatic carbocycles. The number of rotatable bonds is 2. The molecule has 1 aromatic heterocycles. The maximum Gasteiger partial charge on any atom is 0.0518 e. The van der Waals surface area contributed by atoms with Crippen molar-refractivity contribution < 1.29 is 0 Å². The second-order valence-electron chi connectivity index (χ2n) is 4.12. The van der Waals surface area contributed by atoms with E-state index < -0.39 is 0 Å². The average Bonchev–Trinajstić information content (AvgIpc) is 2.44. The van der Waals surface area contributed by atoms with Crippen LogP contribution in [0.3, 0.4) is 0 Å². The van der Waals surface area contributed by atoms with Crippen LogP contribution in [-0.4, -0.2) is 10.4 Å². The maximum atomic E-state index is 6.19. The van der Waals surface area contributed by atoms with Gasteiger partial charge >= 0.3 is 0 Å². The number of halogens is 1. The molecule has 0 N–H and O–H groups in total. The van der Waals surface area contributed by atoms with Crippen LogP contribution in [0.4, 0.5) is 0 Å². The molecule has 1 unspecified atom stereocenters. The number of allylic oxidation sites excluding steroid dienone is 2. The van der Waals surface area contributed by atoms with E-state index in [1.54, 1.807) is 0 Å². The summed E-state index contributed by atoms with van der Waals surface area (Å²) in [6.45, 7) is 0. The van der Waals surface area contributed by atoms with Gasteiger partial charge in [0.05, 0.1) is 5.38 Å². The van der Waals surface area contributed by atoms with Crippen LogP contribution in [0.25, 0.3) is 0 Å². The highest BCUT2D eigenvalue weighted by molar-refractivity contribution is 6.21. The minimum absolute atomic E-state index is 0.235. The number of nitrogens with zero attached hydrogens (tertiary/aromatic N) is 1. The van der Waals surface area contributed by atoms with Crippen LogP contribution in [0.2, 0.25) is 0 Å². The molecule has 0 aliphatic heterocycles. The van der Waals surface area contributed by atoms with Gasteiger partial charge in [-0.3, -0.25) is 4.98 Å². The Balaban J connectivity index is 2.04. The summed E-state index contributed by atoms with van der Waals surface area (Å²) >= 11 is 6.19. The van der Waals surface area contributed by atoms with Crippen LogP contribution < -0.4 is 0 Å². The van der Waals surface area contributed by atoms with Gasteiger partial charge in [0.1, 0.15) is 0 Å². The molecule has 0 amide bonds. The van der Waals surface area contributed by atoms with Crippen molar-refractivity contribution in [2.24, 2.45) is 0 Å². The van der Waals surface area contributed by atoms with E-state index in [9.17, 15) is 0 Å². The first-order chi connectivity index (χ1) is 7.34. The molecule has 0 spiro atoms. The number of hydrogen-bond acceptors (Lipinski definition) is 1. The first-order valence-corrected chi connectivity index (χ1v) is 6.01. The second kappa shape index (κ2) is 5.32. The molecule has 0 saturated heterocycles. The first-order valence-electron chi connectivity index (χ1n) is 5.57. The van der Waals surface area contributed by atoms with Crippen molar-refractivity contribution in [2.75, 3.05) is 0 Å². The lowest BCUT2D eigenvalue weighted by atomic mass is 10.0. The predicted molar refractivity (Wildman–Crippen MR) is 64.1 cm³/mol. The summed E-state index contributed by atoms with van der Waals surface area (Å²) in [5.74, 6) is 0. The minimum atomic E-state index is 0.235. The summed E-state index contributed by atoms with van der Waals surface area (Å²) in [7, 11) is 0. The van der Waals surface area contributed by atoms with E-state index in [4.69, 9.17) is 11.6 Å². The SMILES string of the molecule is ClC1C=C(Cc2cccnc2)CCCC1. The Bertz CT molecular complexity index is 332. The summed E-state index contributed by atoms with van der Waals surface area (Å²) in [4.78, 5) is 4.13. The van der Waals surface area contributed by atoms with Gasteiger partial charge in [0.15, 0.2) is 0 Å². The largest absolute Gasteiger partial charge is 0.264 e. The predicted octanol–water partition coefficient (Wildman–Crippen LogP) is 3.73. The van der Waals surface area contributed by atoms with Crippen LogP contribution >= 0.6 is 11.6 Å². The Morgan fingerprint density at radius 1 is 1.40 bits per heavy atom. The van der Waals surface area contributed by atoms with Crippen LogP contribution in [0, 0.1) is 0 Å². The normalized spacial score (nSPS) is 21.9. The fourth-order valence-electron chi connectivity index (χ4n) is 2.03. The number of hydrogen-bond donors (Lipinski definition) is 0. The molecule has 1 heterocycles. The topological polar surface area (TPSA) is 12.9 Å². The average molecular weight is 222 g/mol. The summed E-state index contributed by atoms with van der Waals surface area (Å²) in [5.41, 5.74) is 2.76. The van der Waals surface area contributed by atoms with Crippen molar-refractivity contribution >= 4 is 11.6 Å². The van der Waals surface area contributed by atoms with Crippen molar-refractivity contribution in [2.45, 2.75) is 37.5 Å². The minimum Gasteiger partial charge on any atom is -0.264 e. The van der Waals surface area contributed by atoms with Gasteiger partial charge < -0.3 is 0 Å². The van der Waals surface area contributed by atoms with Gasteiger partial charge in [-0.05, 0) is 37.3 Å². The molecule has 0 saturated carbocycles. The number of alkyl halides is 1. The highest BCUT2D eigenvalue weighted by atomic mass is 35.5. The molecule has 1 aromatic rings. The van der Waals surface area contributed by atoms with E-state index in [0.717, 1.165) is 12.8 Å². The van der Waals surface area contributed by atoms with Gasteiger partial charge in [-0.2, -0.15) is 0 Å². The van der Waals surface area contributed by atoms with Crippen molar-refractivity contribution in [1.29, 1.82) is 0 Å². The molecular formula is C13H16ClN. The molecule has 0 fully saturated rings. The monoisotopic (exact) mass is 221 g/mol. The van der Waals surface area contributed by atoms with Gasteiger partial charge in [-0.25, -0.2) is 0 Å².